The summed E-state index contributed by atoms with van der Waals surface area (Å²) in [6.45, 7) is 10.7. The third kappa shape index (κ3) is 4.25. The summed E-state index contributed by atoms with van der Waals surface area (Å²) >= 11 is 0. The number of carbonyl (C=O) groups is 1. The van der Waals surface area contributed by atoms with Gasteiger partial charge in [-0.25, -0.2) is 13.8 Å². The molecule has 0 unspecified atom stereocenters. The highest BCUT2D eigenvalue weighted by Crippen LogP contribution is 2.41. The van der Waals surface area contributed by atoms with Gasteiger partial charge in [0.2, 0.25) is 11.7 Å². The molecule has 0 saturated carbocycles. The fraction of sp³-hybridized carbons (Fsp3) is 0.290. The highest BCUT2D eigenvalue weighted by Gasteiger charge is 2.38. The lowest BCUT2D eigenvalue weighted by Gasteiger charge is -2.45. The van der Waals surface area contributed by atoms with Crippen molar-refractivity contribution in [2.75, 3.05) is 31.1 Å². The SMILES string of the molecule is C=CC(=O)N1CCN2c3c(c(=O)n(-c4c(C)ccnc4C(C)C)c4nc(-c5ccccc5F)c(F)cc34)OC[C@H]2C1. The molecule has 5 heterocycles. The first-order chi connectivity index (χ1) is 19.7. The van der Waals surface area contributed by atoms with Crippen LogP contribution in [0.15, 0.2) is 60.0 Å². The van der Waals surface area contributed by atoms with Crippen molar-refractivity contribution >= 4 is 22.6 Å². The number of amides is 1. The zero-order valence-corrected chi connectivity index (χ0v) is 23.0. The minimum absolute atomic E-state index is 0.0127. The summed E-state index contributed by atoms with van der Waals surface area (Å²) in [5.41, 5.74) is 1.88. The van der Waals surface area contributed by atoms with Crippen LogP contribution in [0.3, 0.4) is 0 Å². The van der Waals surface area contributed by atoms with E-state index >= 15 is 4.39 Å². The quantitative estimate of drug-likeness (QED) is 0.337. The van der Waals surface area contributed by atoms with E-state index in [1.807, 2.05) is 25.7 Å². The highest BCUT2D eigenvalue weighted by atomic mass is 19.1. The van der Waals surface area contributed by atoms with Crippen LogP contribution in [0.5, 0.6) is 5.75 Å². The van der Waals surface area contributed by atoms with Gasteiger partial charge in [-0.05, 0) is 48.7 Å². The number of piperazine rings is 1. The number of hydrogen-bond acceptors (Lipinski definition) is 6. The number of nitrogens with zero attached hydrogens (tertiary/aromatic N) is 5. The minimum Gasteiger partial charge on any atom is -0.484 e. The fourth-order valence-corrected chi connectivity index (χ4v) is 5.80. The van der Waals surface area contributed by atoms with Gasteiger partial charge in [0.25, 0.3) is 0 Å². The molecule has 1 fully saturated rings. The van der Waals surface area contributed by atoms with E-state index in [4.69, 9.17) is 4.74 Å². The molecule has 1 atom stereocenters. The molecule has 0 N–H and O–H groups in total. The standard InChI is InChI=1S/C31H29F2N5O3/c1-5-24(39)36-12-13-37-19(15-36)16-41-29-28(37)21-14-23(33)26(20-8-6-7-9-22(20)32)35-30(21)38(31(29)40)27-18(4)10-11-34-25(27)17(2)3/h5-11,14,17,19H,1,12-13,15-16H2,2-4H3/t19-/m1/s1. The maximum Gasteiger partial charge on any atom is 0.301 e. The summed E-state index contributed by atoms with van der Waals surface area (Å²) in [6, 6.07) is 8.65. The molecule has 8 nitrogen and oxygen atoms in total. The molecule has 0 radical (unpaired) electrons. The van der Waals surface area contributed by atoms with Gasteiger partial charge in [0.15, 0.2) is 5.65 Å². The van der Waals surface area contributed by atoms with Gasteiger partial charge in [-0.3, -0.25) is 19.1 Å². The summed E-state index contributed by atoms with van der Waals surface area (Å²) in [5, 5.41) is 0.350. The van der Waals surface area contributed by atoms with Crippen LogP contribution in [-0.2, 0) is 4.79 Å². The molecule has 0 spiro atoms. The van der Waals surface area contributed by atoms with Crippen LogP contribution in [0.2, 0.25) is 0 Å². The fourth-order valence-electron chi connectivity index (χ4n) is 5.80. The molecular formula is C31H29F2N5O3. The van der Waals surface area contributed by atoms with Gasteiger partial charge in [0.1, 0.15) is 23.9 Å². The Bertz CT molecular complexity index is 1780. The molecule has 41 heavy (non-hydrogen) atoms. The summed E-state index contributed by atoms with van der Waals surface area (Å²) in [5.74, 6) is -1.52. The number of carbonyl (C=O) groups excluding carboxylic acids is 1. The summed E-state index contributed by atoms with van der Waals surface area (Å²) in [6.07, 6.45) is 2.95. The Morgan fingerprint density at radius 1 is 1.15 bits per heavy atom. The van der Waals surface area contributed by atoms with Crippen molar-refractivity contribution in [3.63, 3.8) is 0 Å². The topological polar surface area (TPSA) is 80.6 Å². The minimum atomic E-state index is -0.732. The molecule has 3 aromatic heterocycles. The number of hydrogen-bond donors (Lipinski definition) is 0. The maximum atomic E-state index is 15.9. The van der Waals surface area contributed by atoms with E-state index in [9.17, 15) is 14.0 Å². The highest BCUT2D eigenvalue weighted by molar-refractivity contribution is 5.96. The van der Waals surface area contributed by atoms with E-state index in [0.717, 1.165) is 5.56 Å². The monoisotopic (exact) mass is 557 g/mol. The molecule has 0 bridgehead atoms. The van der Waals surface area contributed by atoms with E-state index in [-0.39, 0.29) is 47.1 Å². The van der Waals surface area contributed by atoms with Gasteiger partial charge < -0.3 is 14.5 Å². The average Bonchev–Trinajstić information content (AvgIpc) is 2.97. The zero-order chi connectivity index (χ0) is 29.0. The van der Waals surface area contributed by atoms with Crippen LogP contribution in [0.25, 0.3) is 28.0 Å². The molecule has 2 aliphatic heterocycles. The normalized spacial score (nSPS) is 16.4. The number of aromatic nitrogens is 3. The predicted octanol–water partition coefficient (Wildman–Crippen LogP) is 4.75. The number of anilines is 1. The van der Waals surface area contributed by atoms with Gasteiger partial charge in [-0.15, -0.1) is 0 Å². The van der Waals surface area contributed by atoms with E-state index in [1.54, 1.807) is 23.2 Å². The number of aryl methyl sites for hydroxylation is 1. The van der Waals surface area contributed by atoms with Gasteiger partial charge in [0, 0.05) is 36.8 Å². The lowest BCUT2D eigenvalue weighted by Crippen LogP contribution is -2.58. The van der Waals surface area contributed by atoms with Crippen molar-refractivity contribution in [3.8, 4) is 22.7 Å². The van der Waals surface area contributed by atoms with E-state index in [2.05, 4.69) is 16.5 Å². The van der Waals surface area contributed by atoms with E-state index in [1.165, 1.54) is 34.9 Å². The first-order valence-electron chi connectivity index (χ1n) is 13.5. The molecule has 2 aliphatic rings. The lowest BCUT2D eigenvalue weighted by molar-refractivity contribution is -0.127. The predicted molar refractivity (Wildman–Crippen MR) is 153 cm³/mol. The second-order valence-electron chi connectivity index (χ2n) is 10.7. The lowest BCUT2D eigenvalue weighted by atomic mass is 10.0. The maximum absolute atomic E-state index is 15.9. The smallest absolute Gasteiger partial charge is 0.301 e. The molecule has 1 amide bonds. The van der Waals surface area contributed by atoms with Crippen LogP contribution in [0.4, 0.5) is 14.5 Å². The van der Waals surface area contributed by atoms with Crippen LogP contribution in [0.1, 0.15) is 31.0 Å². The van der Waals surface area contributed by atoms with E-state index < -0.39 is 17.2 Å². The Hall–Kier alpha value is -4.60. The first-order valence-corrected chi connectivity index (χ1v) is 13.5. The molecule has 10 heteroatoms. The van der Waals surface area contributed by atoms with Gasteiger partial charge >= 0.3 is 5.56 Å². The largest absolute Gasteiger partial charge is 0.484 e. The first kappa shape index (κ1) is 26.6. The number of benzene rings is 1. The molecule has 0 aliphatic carbocycles. The van der Waals surface area contributed by atoms with E-state index in [0.29, 0.717) is 42.1 Å². The molecule has 4 aromatic rings. The molecular weight excluding hydrogens is 528 g/mol. The van der Waals surface area contributed by atoms with Crippen molar-refractivity contribution in [1.29, 1.82) is 0 Å². The second kappa shape index (κ2) is 10.1. The van der Waals surface area contributed by atoms with Gasteiger partial charge in [-0.1, -0.05) is 32.6 Å². The number of pyridine rings is 3. The van der Waals surface area contributed by atoms with Crippen LogP contribution >= 0.6 is 0 Å². The Kier molecular flexibility index (Phi) is 6.56. The average molecular weight is 558 g/mol. The summed E-state index contributed by atoms with van der Waals surface area (Å²) < 4.78 is 38.3. The Balaban J connectivity index is 1.68. The number of fused-ring (bicyclic) bond motifs is 5. The Labute approximate surface area is 235 Å². The molecule has 210 valence electrons. The van der Waals surface area contributed by atoms with Crippen molar-refractivity contribution in [2.45, 2.75) is 32.7 Å². The number of halogens is 2. The van der Waals surface area contributed by atoms with Crippen molar-refractivity contribution < 1.29 is 18.3 Å². The molecule has 6 rings (SSSR count). The third-order valence-corrected chi connectivity index (χ3v) is 7.77. The van der Waals surface area contributed by atoms with Crippen molar-refractivity contribution in [1.82, 2.24) is 19.4 Å². The second-order valence-corrected chi connectivity index (χ2v) is 10.7. The van der Waals surface area contributed by atoms with Crippen molar-refractivity contribution in [3.05, 3.63) is 88.5 Å². The van der Waals surface area contributed by atoms with Gasteiger partial charge in [-0.2, -0.15) is 0 Å². The Morgan fingerprint density at radius 2 is 1.93 bits per heavy atom. The summed E-state index contributed by atoms with van der Waals surface area (Å²) in [7, 11) is 0. The van der Waals surface area contributed by atoms with Crippen LogP contribution in [-0.4, -0.2) is 57.6 Å². The Morgan fingerprint density at radius 3 is 2.66 bits per heavy atom. The molecule has 1 saturated heterocycles. The number of rotatable bonds is 4. The van der Waals surface area contributed by atoms with Gasteiger partial charge in [0.05, 0.1) is 23.1 Å². The van der Waals surface area contributed by atoms with Crippen molar-refractivity contribution in [2.24, 2.45) is 0 Å². The van der Waals surface area contributed by atoms with Crippen LogP contribution < -0.4 is 15.2 Å². The summed E-state index contributed by atoms with van der Waals surface area (Å²) in [4.78, 5) is 39.5. The number of ether oxygens (including phenoxy) is 1. The zero-order valence-electron chi connectivity index (χ0n) is 23.0. The third-order valence-electron chi connectivity index (χ3n) is 7.77. The van der Waals surface area contributed by atoms with Crippen LogP contribution in [0, 0.1) is 18.6 Å². The molecule has 1 aromatic carbocycles.